The number of thioether (sulfide) groups is 1. The maximum absolute atomic E-state index is 13.2. The topological polar surface area (TPSA) is 47.0 Å². The molecule has 3 rings (SSSR count). The largest absolute Gasteiger partial charge is 0.376 e. The van der Waals surface area contributed by atoms with Gasteiger partial charge < -0.3 is 10.1 Å². The Morgan fingerprint density at radius 3 is 3.10 bits per heavy atom. The lowest BCUT2D eigenvalue weighted by molar-refractivity contribution is 0.109. The quantitative estimate of drug-likeness (QED) is 0.880. The Labute approximate surface area is 127 Å². The molecule has 1 aromatic heterocycles. The summed E-state index contributed by atoms with van der Waals surface area (Å²) in [4.78, 5) is 10.0. The SMILES string of the molecule is CNc1nc(CSc2cccc(F)c2)nc2c1COCC2. The molecular weight excluding hydrogens is 289 g/mol. The van der Waals surface area contributed by atoms with E-state index in [0.29, 0.717) is 19.0 Å². The fourth-order valence-corrected chi connectivity index (χ4v) is 3.05. The number of fused-ring (bicyclic) bond motifs is 1. The van der Waals surface area contributed by atoms with Crippen molar-refractivity contribution in [3.63, 3.8) is 0 Å². The van der Waals surface area contributed by atoms with E-state index in [1.165, 1.54) is 23.9 Å². The highest BCUT2D eigenvalue weighted by molar-refractivity contribution is 7.98. The molecule has 0 saturated carbocycles. The third-order valence-electron chi connectivity index (χ3n) is 3.27. The van der Waals surface area contributed by atoms with Crippen LogP contribution in [-0.4, -0.2) is 23.6 Å². The van der Waals surface area contributed by atoms with Crippen LogP contribution < -0.4 is 5.32 Å². The Morgan fingerprint density at radius 2 is 2.29 bits per heavy atom. The van der Waals surface area contributed by atoms with E-state index in [1.54, 1.807) is 6.07 Å². The molecule has 1 N–H and O–H groups in total. The Morgan fingerprint density at radius 1 is 1.38 bits per heavy atom. The van der Waals surface area contributed by atoms with Crippen LogP contribution in [-0.2, 0) is 23.5 Å². The number of benzene rings is 1. The molecule has 2 aromatic rings. The lowest BCUT2D eigenvalue weighted by atomic mass is 10.1. The van der Waals surface area contributed by atoms with Crippen molar-refractivity contribution in [2.75, 3.05) is 19.0 Å². The van der Waals surface area contributed by atoms with Crippen molar-refractivity contribution in [1.29, 1.82) is 0 Å². The van der Waals surface area contributed by atoms with E-state index < -0.39 is 0 Å². The average Bonchev–Trinajstić information content (AvgIpc) is 2.52. The van der Waals surface area contributed by atoms with Crippen molar-refractivity contribution in [2.24, 2.45) is 0 Å². The Kier molecular flexibility index (Phi) is 4.36. The summed E-state index contributed by atoms with van der Waals surface area (Å²) in [5.74, 6) is 1.98. The number of nitrogens with one attached hydrogen (secondary N) is 1. The molecule has 1 aliphatic rings. The van der Waals surface area contributed by atoms with Gasteiger partial charge in [-0.05, 0) is 18.2 Å². The highest BCUT2D eigenvalue weighted by Gasteiger charge is 2.17. The highest BCUT2D eigenvalue weighted by Crippen LogP contribution is 2.26. The molecule has 0 aliphatic carbocycles. The maximum Gasteiger partial charge on any atom is 0.141 e. The molecule has 0 amide bonds. The fourth-order valence-electron chi connectivity index (χ4n) is 2.26. The molecule has 1 aromatic carbocycles. The van der Waals surface area contributed by atoms with Gasteiger partial charge in [0, 0.05) is 23.9 Å². The maximum atomic E-state index is 13.2. The zero-order valence-corrected chi connectivity index (χ0v) is 12.5. The third-order valence-corrected chi connectivity index (χ3v) is 4.26. The normalized spacial score (nSPS) is 13.8. The van der Waals surface area contributed by atoms with Crippen LogP contribution in [0.3, 0.4) is 0 Å². The highest BCUT2D eigenvalue weighted by atomic mass is 32.2. The fraction of sp³-hybridized carbons (Fsp3) is 0.333. The van der Waals surface area contributed by atoms with Gasteiger partial charge in [-0.3, -0.25) is 0 Å². The van der Waals surface area contributed by atoms with E-state index in [1.807, 2.05) is 13.1 Å². The number of halogens is 1. The second-order valence-corrected chi connectivity index (χ2v) is 5.76. The van der Waals surface area contributed by atoms with Gasteiger partial charge in [0.2, 0.25) is 0 Å². The monoisotopic (exact) mass is 305 g/mol. The van der Waals surface area contributed by atoms with Crippen LogP contribution in [0.4, 0.5) is 10.2 Å². The molecule has 0 radical (unpaired) electrons. The van der Waals surface area contributed by atoms with Crippen LogP contribution >= 0.6 is 11.8 Å². The van der Waals surface area contributed by atoms with Gasteiger partial charge in [0.25, 0.3) is 0 Å². The first kappa shape index (κ1) is 14.3. The second-order valence-electron chi connectivity index (χ2n) is 4.71. The van der Waals surface area contributed by atoms with Gasteiger partial charge in [-0.2, -0.15) is 0 Å². The number of ether oxygens (including phenoxy) is 1. The molecule has 0 bridgehead atoms. The first-order valence-corrected chi connectivity index (χ1v) is 7.77. The van der Waals surface area contributed by atoms with Gasteiger partial charge in [-0.25, -0.2) is 14.4 Å². The van der Waals surface area contributed by atoms with E-state index >= 15 is 0 Å². The summed E-state index contributed by atoms with van der Waals surface area (Å²) in [5, 5.41) is 3.10. The molecule has 0 saturated heterocycles. The number of rotatable bonds is 4. The zero-order valence-electron chi connectivity index (χ0n) is 11.7. The van der Waals surface area contributed by atoms with Crippen LogP contribution in [0, 0.1) is 5.82 Å². The summed E-state index contributed by atoms with van der Waals surface area (Å²) in [6.45, 7) is 1.26. The van der Waals surface area contributed by atoms with Crippen LogP contribution in [0.2, 0.25) is 0 Å². The van der Waals surface area contributed by atoms with Crippen LogP contribution in [0.1, 0.15) is 17.1 Å². The van der Waals surface area contributed by atoms with Gasteiger partial charge in [-0.1, -0.05) is 6.07 Å². The Bertz CT molecular complexity index is 634. The minimum absolute atomic E-state index is 0.223. The van der Waals surface area contributed by atoms with Crippen molar-refractivity contribution in [1.82, 2.24) is 9.97 Å². The van der Waals surface area contributed by atoms with Gasteiger partial charge in [0.1, 0.15) is 17.5 Å². The van der Waals surface area contributed by atoms with Crippen LogP contribution in [0.5, 0.6) is 0 Å². The predicted molar refractivity (Wildman–Crippen MR) is 80.9 cm³/mol. The molecular formula is C15H16FN3OS. The van der Waals surface area contributed by atoms with Crippen molar-refractivity contribution in [2.45, 2.75) is 23.7 Å². The van der Waals surface area contributed by atoms with Crippen LogP contribution in [0.15, 0.2) is 29.2 Å². The minimum Gasteiger partial charge on any atom is -0.376 e. The van der Waals surface area contributed by atoms with Crippen molar-refractivity contribution in [3.8, 4) is 0 Å². The molecule has 0 atom stereocenters. The molecule has 110 valence electrons. The molecule has 6 heteroatoms. The van der Waals surface area contributed by atoms with E-state index in [2.05, 4.69) is 15.3 Å². The number of hydrogen-bond donors (Lipinski definition) is 1. The summed E-state index contributed by atoms with van der Waals surface area (Å²) >= 11 is 1.53. The van der Waals surface area contributed by atoms with Crippen molar-refractivity contribution in [3.05, 3.63) is 47.2 Å². The van der Waals surface area contributed by atoms with E-state index in [9.17, 15) is 4.39 Å². The van der Waals surface area contributed by atoms with Crippen LogP contribution in [0.25, 0.3) is 0 Å². The van der Waals surface area contributed by atoms with E-state index in [-0.39, 0.29) is 5.82 Å². The van der Waals surface area contributed by atoms with Gasteiger partial charge in [0.15, 0.2) is 0 Å². The van der Waals surface area contributed by atoms with Gasteiger partial charge in [-0.15, -0.1) is 11.8 Å². The first-order chi connectivity index (χ1) is 10.3. The molecule has 0 unspecified atom stereocenters. The Balaban J connectivity index is 1.79. The second kappa shape index (κ2) is 6.41. The van der Waals surface area contributed by atoms with E-state index in [4.69, 9.17) is 4.74 Å². The minimum atomic E-state index is -0.223. The smallest absolute Gasteiger partial charge is 0.141 e. The lowest BCUT2D eigenvalue weighted by Gasteiger charge is -2.19. The summed E-state index contributed by atoms with van der Waals surface area (Å²) < 4.78 is 18.6. The van der Waals surface area contributed by atoms with Crippen molar-refractivity contribution >= 4 is 17.6 Å². The third kappa shape index (κ3) is 3.33. The molecule has 2 heterocycles. The molecule has 21 heavy (non-hydrogen) atoms. The summed E-state index contributed by atoms with van der Waals surface area (Å²) in [6.07, 6.45) is 0.810. The van der Waals surface area contributed by atoms with E-state index in [0.717, 1.165) is 34.2 Å². The number of hydrogen-bond acceptors (Lipinski definition) is 5. The van der Waals surface area contributed by atoms with Gasteiger partial charge in [0.05, 0.1) is 24.7 Å². The zero-order chi connectivity index (χ0) is 14.7. The summed E-state index contributed by atoms with van der Waals surface area (Å²) in [6, 6.07) is 6.56. The number of anilines is 1. The molecule has 0 spiro atoms. The number of aromatic nitrogens is 2. The Hall–Kier alpha value is -1.66. The summed E-state index contributed by atoms with van der Waals surface area (Å²) in [5.41, 5.74) is 2.10. The number of nitrogens with zero attached hydrogens (tertiary/aromatic N) is 2. The van der Waals surface area contributed by atoms with Gasteiger partial charge >= 0.3 is 0 Å². The molecule has 0 fully saturated rings. The molecule has 1 aliphatic heterocycles. The summed E-state index contributed by atoms with van der Waals surface area (Å²) in [7, 11) is 1.85. The predicted octanol–water partition coefficient (Wildman–Crippen LogP) is 3.02. The lowest BCUT2D eigenvalue weighted by Crippen LogP contribution is -2.16. The molecule has 4 nitrogen and oxygen atoms in total. The first-order valence-electron chi connectivity index (χ1n) is 6.79. The van der Waals surface area contributed by atoms with Crippen molar-refractivity contribution < 1.29 is 9.13 Å². The average molecular weight is 305 g/mol. The standard InChI is InChI=1S/C15H16FN3OS/c1-17-15-12-8-20-6-5-13(12)18-14(19-15)9-21-11-4-2-3-10(16)7-11/h2-4,7H,5-6,8-9H2,1H3,(H,17,18,19).